The molecule has 2 heterocycles. The van der Waals surface area contributed by atoms with Crippen LogP contribution in [0.4, 0.5) is 5.82 Å². The van der Waals surface area contributed by atoms with Gasteiger partial charge in [-0.15, -0.1) is 0 Å². The van der Waals surface area contributed by atoms with E-state index in [-0.39, 0.29) is 47.0 Å². The van der Waals surface area contributed by atoms with Crippen LogP contribution in [0.25, 0.3) is 0 Å². The number of para-hydroxylation sites is 2. The molecule has 4 rings (SSSR count). The number of anilines is 1. The number of hydrogen-bond acceptors (Lipinski definition) is 10. The van der Waals surface area contributed by atoms with Crippen molar-refractivity contribution in [2.24, 2.45) is 0 Å². The summed E-state index contributed by atoms with van der Waals surface area (Å²) in [6.07, 6.45) is 0.345. The SMILES string of the molecule is COc1ccccc1Oc1c(NS(=O)(=O)c2ccc(C(C)(C)C)cc2)nc(C2CNCCN2)nc1OCCCO. The Morgan fingerprint density at radius 2 is 1.77 bits per heavy atom. The van der Waals surface area contributed by atoms with Gasteiger partial charge in [0.2, 0.25) is 5.75 Å². The maximum absolute atomic E-state index is 13.6. The van der Waals surface area contributed by atoms with Gasteiger partial charge in [0.05, 0.1) is 24.7 Å². The largest absolute Gasteiger partial charge is 0.493 e. The maximum Gasteiger partial charge on any atom is 0.263 e. The Balaban J connectivity index is 1.81. The molecule has 1 aliphatic heterocycles. The van der Waals surface area contributed by atoms with Gasteiger partial charge in [-0.2, -0.15) is 4.98 Å². The van der Waals surface area contributed by atoms with Crippen molar-refractivity contribution >= 4 is 15.8 Å². The molecule has 4 N–H and O–H groups in total. The van der Waals surface area contributed by atoms with E-state index in [1.807, 2.05) is 0 Å². The average Bonchev–Trinajstić information content (AvgIpc) is 2.94. The van der Waals surface area contributed by atoms with Gasteiger partial charge in [-0.1, -0.05) is 45.0 Å². The Hall–Kier alpha value is -3.45. The third-order valence-corrected chi connectivity index (χ3v) is 7.64. The Morgan fingerprint density at radius 1 is 1.05 bits per heavy atom. The summed E-state index contributed by atoms with van der Waals surface area (Å²) in [4.78, 5) is 9.28. The highest BCUT2D eigenvalue weighted by Gasteiger charge is 2.28. The van der Waals surface area contributed by atoms with Crippen molar-refractivity contribution in [2.45, 2.75) is 43.5 Å². The molecule has 1 unspecified atom stereocenters. The van der Waals surface area contributed by atoms with E-state index in [2.05, 4.69) is 46.1 Å². The summed E-state index contributed by atoms with van der Waals surface area (Å²) in [5.74, 6) is 1.02. The van der Waals surface area contributed by atoms with Gasteiger partial charge in [0.1, 0.15) is 0 Å². The summed E-state index contributed by atoms with van der Waals surface area (Å²) in [5, 5.41) is 15.9. The van der Waals surface area contributed by atoms with Crippen LogP contribution in [0.5, 0.6) is 23.1 Å². The zero-order chi connectivity index (χ0) is 28.8. The highest BCUT2D eigenvalue weighted by molar-refractivity contribution is 7.92. The van der Waals surface area contributed by atoms with Gasteiger partial charge in [0.25, 0.3) is 15.9 Å². The van der Waals surface area contributed by atoms with E-state index in [9.17, 15) is 13.5 Å². The molecule has 0 aliphatic carbocycles. The second kappa shape index (κ2) is 12.8. The average molecular weight is 572 g/mol. The summed E-state index contributed by atoms with van der Waals surface area (Å²) < 4.78 is 47.3. The summed E-state index contributed by atoms with van der Waals surface area (Å²) in [7, 11) is -2.57. The molecule has 2 aromatic carbocycles. The highest BCUT2D eigenvalue weighted by Crippen LogP contribution is 2.41. The van der Waals surface area contributed by atoms with Crippen LogP contribution in [0.2, 0.25) is 0 Å². The highest BCUT2D eigenvalue weighted by atomic mass is 32.2. The summed E-state index contributed by atoms with van der Waals surface area (Å²) >= 11 is 0. The van der Waals surface area contributed by atoms with Crippen molar-refractivity contribution in [3.63, 3.8) is 0 Å². The lowest BCUT2D eigenvalue weighted by atomic mass is 9.87. The van der Waals surface area contributed by atoms with Crippen molar-refractivity contribution in [3.05, 3.63) is 59.9 Å². The number of nitrogens with one attached hydrogen (secondary N) is 3. The fourth-order valence-corrected chi connectivity index (χ4v) is 5.07. The van der Waals surface area contributed by atoms with Gasteiger partial charge < -0.3 is 30.0 Å². The number of ether oxygens (including phenoxy) is 3. The van der Waals surface area contributed by atoms with Crippen LogP contribution in [0.3, 0.4) is 0 Å². The zero-order valence-electron chi connectivity index (χ0n) is 23.2. The molecule has 3 aromatic rings. The normalized spacial score (nSPS) is 15.9. The molecule has 1 aromatic heterocycles. The van der Waals surface area contributed by atoms with E-state index in [1.54, 1.807) is 48.5 Å². The number of rotatable bonds is 11. The minimum Gasteiger partial charge on any atom is -0.493 e. The number of hydrogen-bond donors (Lipinski definition) is 4. The van der Waals surface area contributed by atoms with Gasteiger partial charge in [-0.25, -0.2) is 13.4 Å². The van der Waals surface area contributed by atoms with E-state index in [4.69, 9.17) is 14.2 Å². The molecule has 12 heteroatoms. The Kier molecular flexibility index (Phi) is 9.46. The number of aliphatic hydroxyl groups excluding tert-OH is 1. The summed E-state index contributed by atoms with van der Waals surface area (Å²) in [6.45, 7) is 8.25. The van der Waals surface area contributed by atoms with E-state index >= 15 is 0 Å². The Morgan fingerprint density at radius 3 is 2.40 bits per heavy atom. The van der Waals surface area contributed by atoms with Crippen LogP contribution < -0.4 is 29.6 Å². The number of benzene rings is 2. The molecular formula is C28H37N5O6S. The molecule has 40 heavy (non-hydrogen) atoms. The Labute approximate surface area is 235 Å². The smallest absolute Gasteiger partial charge is 0.263 e. The van der Waals surface area contributed by atoms with Crippen molar-refractivity contribution in [3.8, 4) is 23.1 Å². The van der Waals surface area contributed by atoms with Crippen molar-refractivity contribution in [2.75, 3.05) is 44.7 Å². The van der Waals surface area contributed by atoms with Crippen LogP contribution in [0.15, 0.2) is 53.4 Å². The molecular weight excluding hydrogens is 534 g/mol. The van der Waals surface area contributed by atoms with Gasteiger partial charge >= 0.3 is 0 Å². The minimum atomic E-state index is -4.08. The first-order chi connectivity index (χ1) is 19.1. The first kappa shape index (κ1) is 29.5. The number of piperazine rings is 1. The monoisotopic (exact) mass is 571 g/mol. The fraction of sp³-hybridized carbons (Fsp3) is 0.429. The van der Waals surface area contributed by atoms with Gasteiger partial charge in [0.15, 0.2) is 23.1 Å². The molecule has 1 fully saturated rings. The third-order valence-electron chi connectivity index (χ3n) is 6.29. The summed E-state index contributed by atoms with van der Waals surface area (Å²) in [6, 6.07) is 13.4. The number of aromatic nitrogens is 2. The Bertz CT molecular complexity index is 1390. The predicted octanol–water partition coefficient (Wildman–Crippen LogP) is 3.37. The topological polar surface area (TPSA) is 144 Å². The molecule has 216 valence electrons. The third kappa shape index (κ3) is 7.19. The van der Waals surface area contributed by atoms with Gasteiger partial charge in [0, 0.05) is 32.7 Å². The van der Waals surface area contributed by atoms with Crippen LogP contribution in [-0.4, -0.2) is 63.5 Å². The molecule has 0 saturated carbocycles. The number of aliphatic hydroxyl groups is 1. The first-order valence-electron chi connectivity index (χ1n) is 13.2. The number of sulfonamides is 1. The molecule has 11 nitrogen and oxygen atoms in total. The van der Waals surface area contributed by atoms with E-state index in [0.29, 0.717) is 36.8 Å². The molecule has 1 atom stereocenters. The van der Waals surface area contributed by atoms with Gasteiger partial charge in [-0.3, -0.25) is 4.72 Å². The van der Waals surface area contributed by atoms with Crippen LogP contribution in [0.1, 0.15) is 44.6 Å². The van der Waals surface area contributed by atoms with Gasteiger partial charge in [-0.05, 0) is 35.2 Å². The number of methoxy groups -OCH3 is 1. The molecule has 1 aliphatic rings. The minimum absolute atomic E-state index is 0.0233. The van der Waals surface area contributed by atoms with Crippen molar-refractivity contribution in [1.29, 1.82) is 0 Å². The lowest BCUT2D eigenvalue weighted by Crippen LogP contribution is -2.43. The lowest BCUT2D eigenvalue weighted by Gasteiger charge is -2.25. The first-order valence-corrected chi connectivity index (χ1v) is 14.6. The van der Waals surface area contributed by atoms with E-state index < -0.39 is 10.0 Å². The molecule has 0 bridgehead atoms. The quantitative estimate of drug-likeness (QED) is 0.253. The van der Waals surface area contributed by atoms with Crippen molar-refractivity contribution in [1.82, 2.24) is 20.6 Å². The second-order valence-electron chi connectivity index (χ2n) is 10.3. The zero-order valence-corrected chi connectivity index (χ0v) is 24.0. The molecule has 0 radical (unpaired) electrons. The van der Waals surface area contributed by atoms with E-state index in [0.717, 1.165) is 12.1 Å². The van der Waals surface area contributed by atoms with Crippen LogP contribution >= 0.6 is 0 Å². The molecule has 0 amide bonds. The fourth-order valence-electron chi connectivity index (χ4n) is 4.06. The van der Waals surface area contributed by atoms with Crippen LogP contribution in [-0.2, 0) is 15.4 Å². The predicted molar refractivity (Wildman–Crippen MR) is 152 cm³/mol. The second-order valence-corrected chi connectivity index (χ2v) is 12.0. The maximum atomic E-state index is 13.6. The van der Waals surface area contributed by atoms with Crippen LogP contribution in [0, 0.1) is 0 Å². The lowest BCUT2D eigenvalue weighted by molar-refractivity contribution is 0.223. The standard InChI is InChI=1S/C28H37N5O6S/c1-28(2,3)19-10-12-20(13-11-19)40(35,36)33-26-24(39-23-9-6-5-8-22(23)37-4)27(38-17-7-16-34)32-25(31-26)21-18-29-14-15-30-21/h5-6,8-13,21,29-30,34H,7,14-18H2,1-4H3,(H,31,32,33). The summed E-state index contributed by atoms with van der Waals surface area (Å²) in [5.41, 5.74) is 0.876. The van der Waals surface area contributed by atoms with E-state index in [1.165, 1.54) is 7.11 Å². The number of nitrogens with zero attached hydrogens (tertiary/aromatic N) is 2. The molecule has 0 spiro atoms. The molecule has 1 saturated heterocycles. The van der Waals surface area contributed by atoms with Crippen molar-refractivity contribution < 1.29 is 27.7 Å².